The van der Waals surface area contributed by atoms with Gasteiger partial charge in [-0.25, -0.2) is 4.39 Å². The van der Waals surface area contributed by atoms with E-state index in [2.05, 4.69) is 0 Å². The summed E-state index contributed by atoms with van der Waals surface area (Å²) in [5.74, 6) is -2.55. The second-order valence-electron chi connectivity index (χ2n) is 5.70. The molecular formula is C19H16F4O. The third-order valence-electron chi connectivity index (χ3n) is 3.59. The topological polar surface area (TPSA) is 17.1 Å². The number of aldehydes is 1. The quantitative estimate of drug-likeness (QED) is 0.523. The first-order valence-electron chi connectivity index (χ1n) is 7.28. The average Bonchev–Trinajstić information content (AvgIpc) is 2.45. The van der Waals surface area contributed by atoms with Gasteiger partial charge in [0.05, 0.1) is 11.5 Å². The van der Waals surface area contributed by atoms with E-state index < -0.39 is 17.9 Å². The Bertz CT molecular complexity index is 755. The maximum atomic E-state index is 13.6. The van der Waals surface area contributed by atoms with Gasteiger partial charge in [-0.2, -0.15) is 13.2 Å². The summed E-state index contributed by atoms with van der Waals surface area (Å²) >= 11 is 0. The molecule has 0 aliphatic heterocycles. The van der Waals surface area contributed by atoms with Crippen LogP contribution in [0.25, 0.3) is 6.08 Å². The van der Waals surface area contributed by atoms with Gasteiger partial charge in [-0.1, -0.05) is 47.5 Å². The van der Waals surface area contributed by atoms with Crippen LogP contribution in [0.5, 0.6) is 0 Å². The second-order valence-corrected chi connectivity index (χ2v) is 5.70. The Morgan fingerprint density at radius 1 is 1.00 bits per heavy atom. The molecule has 1 unspecified atom stereocenters. The molecule has 0 amide bonds. The fraction of sp³-hybridized carbons (Fsp3) is 0.211. The first kappa shape index (κ1) is 17.9. The minimum absolute atomic E-state index is 0.131. The minimum atomic E-state index is -4.46. The van der Waals surface area contributed by atoms with Crippen LogP contribution in [-0.2, 0) is 0 Å². The summed E-state index contributed by atoms with van der Waals surface area (Å²) in [6.45, 7) is 3.47. The molecule has 0 aliphatic rings. The highest BCUT2D eigenvalue weighted by atomic mass is 19.4. The summed E-state index contributed by atoms with van der Waals surface area (Å²) in [5, 5.41) is 0. The predicted octanol–water partition coefficient (Wildman–Crippen LogP) is 5.61. The van der Waals surface area contributed by atoms with Gasteiger partial charge in [-0.05, 0) is 37.1 Å². The third-order valence-corrected chi connectivity index (χ3v) is 3.59. The highest BCUT2D eigenvalue weighted by molar-refractivity contribution is 5.75. The highest BCUT2D eigenvalue weighted by Gasteiger charge is 2.39. The molecule has 0 radical (unpaired) electrons. The van der Waals surface area contributed by atoms with Crippen LogP contribution in [0.15, 0.2) is 42.5 Å². The summed E-state index contributed by atoms with van der Waals surface area (Å²) in [5.41, 5.74) is 1.76. The SMILES string of the molecule is Cc1cc(C)cc(C(/C=C/c2ccc(C=O)c(F)c2)C(F)(F)F)c1. The van der Waals surface area contributed by atoms with Crippen molar-refractivity contribution >= 4 is 12.4 Å². The maximum Gasteiger partial charge on any atom is 0.399 e. The Hall–Kier alpha value is -2.43. The highest BCUT2D eigenvalue weighted by Crippen LogP contribution is 2.37. The second kappa shape index (κ2) is 6.99. The molecule has 1 nitrogen and oxygen atoms in total. The van der Waals surface area contributed by atoms with E-state index in [1.165, 1.54) is 30.3 Å². The predicted molar refractivity (Wildman–Crippen MR) is 85.5 cm³/mol. The van der Waals surface area contributed by atoms with E-state index in [1.807, 2.05) is 0 Å². The standard InChI is InChI=1S/C19H16F4O/c1-12-7-13(2)9-16(8-12)17(19(21,22)23)6-4-14-3-5-15(11-24)18(20)10-14/h3-11,17H,1-2H3/b6-4+. The Morgan fingerprint density at radius 3 is 2.12 bits per heavy atom. The fourth-order valence-corrected chi connectivity index (χ4v) is 2.55. The van der Waals surface area contributed by atoms with Crippen molar-refractivity contribution in [2.45, 2.75) is 25.9 Å². The number of carbonyl (C=O) groups excluding carboxylic acids is 1. The molecule has 5 heteroatoms. The number of allylic oxidation sites excluding steroid dienone is 1. The van der Waals surface area contributed by atoms with Gasteiger partial charge < -0.3 is 0 Å². The summed E-state index contributed by atoms with van der Waals surface area (Å²) in [6.07, 6.45) is -1.88. The molecule has 2 aromatic rings. The summed E-state index contributed by atoms with van der Waals surface area (Å²) in [6, 6.07) is 8.46. The van der Waals surface area contributed by atoms with Crippen molar-refractivity contribution in [2.75, 3.05) is 0 Å². The normalized spacial score (nSPS) is 13.2. The van der Waals surface area contributed by atoms with E-state index in [1.54, 1.807) is 19.9 Å². The third kappa shape index (κ3) is 4.31. The van der Waals surface area contributed by atoms with E-state index >= 15 is 0 Å². The molecule has 0 saturated heterocycles. The van der Waals surface area contributed by atoms with Crippen LogP contribution in [-0.4, -0.2) is 12.5 Å². The monoisotopic (exact) mass is 336 g/mol. The molecule has 24 heavy (non-hydrogen) atoms. The van der Waals surface area contributed by atoms with Crippen molar-refractivity contribution in [1.82, 2.24) is 0 Å². The molecular weight excluding hydrogens is 320 g/mol. The molecule has 0 fully saturated rings. The molecule has 0 N–H and O–H groups in total. The summed E-state index contributed by atoms with van der Waals surface area (Å²) < 4.78 is 53.7. The van der Waals surface area contributed by atoms with E-state index in [9.17, 15) is 22.4 Å². The van der Waals surface area contributed by atoms with Gasteiger partial charge >= 0.3 is 6.18 Å². The lowest BCUT2D eigenvalue weighted by atomic mass is 9.94. The van der Waals surface area contributed by atoms with Gasteiger partial charge in [0.2, 0.25) is 0 Å². The van der Waals surface area contributed by atoms with Crippen LogP contribution in [0, 0.1) is 19.7 Å². The van der Waals surface area contributed by atoms with Crippen LogP contribution >= 0.6 is 0 Å². The van der Waals surface area contributed by atoms with Crippen LogP contribution in [0.1, 0.15) is 38.5 Å². The van der Waals surface area contributed by atoms with E-state index in [0.29, 0.717) is 6.29 Å². The summed E-state index contributed by atoms with van der Waals surface area (Å²) in [4.78, 5) is 10.6. The van der Waals surface area contributed by atoms with E-state index in [4.69, 9.17) is 0 Å². The Labute approximate surface area is 137 Å². The molecule has 0 aromatic heterocycles. The van der Waals surface area contributed by atoms with Crippen LogP contribution in [0.3, 0.4) is 0 Å². The molecule has 2 rings (SSSR count). The Morgan fingerprint density at radius 2 is 1.62 bits per heavy atom. The Balaban J connectivity index is 2.39. The first-order chi connectivity index (χ1) is 11.2. The number of halogens is 4. The van der Waals surface area contributed by atoms with Crippen LogP contribution in [0.4, 0.5) is 17.6 Å². The largest absolute Gasteiger partial charge is 0.399 e. The molecule has 2 aromatic carbocycles. The fourth-order valence-electron chi connectivity index (χ4n) is 2.55. The number of rotatable bonds is 4. The van der Waals surface area contributed by atoms with Gasteiger partial charge in [0.1, 0.15) is 5.82 Å². The molecule has 0 saturated carbocycles. The van der Waals surface area contributed by atoms with Gasteiger partial charge in [0, 0.05) is 0 Å². The van der Waals surface area contributed by atoms with Crippen molar-refractivity contribution in [1.29, 1.82) is 0 Å². The van der Waals surface area contributed by atoms with Crippen LogP contribution < -0.4 is 0 Å². The molecule has 0 bridgehead atoms. The zero-order chi connectivity index (χ0) is 17.9. The van der Waals surface area contributed by atoms with Gasteiger partial charge in [0.25, 0.3) is 0 Å². The summed E-state index contributed by atoms with van der Waals surface area (Å²) in [7, 11) is 0. The Kier molecular flexibility index (Phi) is 5.22. The van der Waals surface area contributed by atoms with E-state index in [0.717, 1.165) is 23.3 Å². The van der Waals surface area contributed by atoms with Gasteiger partial charge in [-0.3, -0.25) is 4.79 Å². The molecule has 0 spiro atoms. The lowest BCUT2D eigenvalue weighted by molar-refractivity contribution is -0.139. The maximum absolute atomic E-state index is 13.6. The molecule has 0 aliphatic carbocycles. The number of hydrogen-bond acceptors (Lipinski definition) is 1. The zero-order valence-corrected chi connectivity index (χ0v) is 13.2. The smallest absolute Gasteiger partial charge is 0.298 e. The average molecular weight is 336 g/mol. The number of alkyl halides is 3. The van der Waals surface area contributed by atoms with Crippen molar-refractivity contribution in [3.8, 4) is 0 Å². The zero-order valence-electron chi connectivity index (χ0n) is 13.2. The van der Waals surface area contributed by atoms with E-state index in [-0.39, 0.29) is 16.7 Å². The first-order valence-corrected chi connectivity index (χ1v) is 7.28. The number of aryl methyl sites for hydroxylation is 2. The van der Waals surface area contributed by atoms with Gasteiger partial charge in [-0.15, -0.1) is 0 Å². The van der Waals surface area contributed by atoms with Crippen molar-refractivity contribution in [3.05, 3.63) is 76.1 Å². The lowest BCUT2D eigenvalue weighted by Gasteiger charge is -2.18. The number of hydrogen-bond donors (Lipinski definition) is 0. The number of benzene rings is 2. The molecule has 0 heterocycles. The lowest BCUT2D eigenvalue weighted by Crippen LogP contribution is -2.19. The minimum Gasteiger partial charge on any atom is -0.298 e. The van der Waals surface area contributed by atoms with Crippen molar-refractivity contribution in [3.63, 3.8) is 0 Å². The molecule has 126 valence electrons. The number of carbonyl (C=O) groups is 1. The van der Waals surface area contributed by atoms with Crippen molar-refractivity contribution < 1.29 is 22.4 Å². The molecule has 1 atom stereocenters. The van der Waals surface area contributed by atoms with Crippen molar-refractivity contribution in [2.24, 2.45) is 0 Å². The van der Waals surface area contributed by atoms with Crippen LogP contribution in [0.2, 0.25) is 0 Å². The van der Waals surface area contributed by atoms with Gasteiger partial charge in [0.15, 0.2) is 6.29 Å².